The molecule has 0 saturated carbocycles. The van der Waals surface area contributed by atoms with Gasteiger partial charge in [-0.3, -0.25) is 0 Å². The molecule has 0 aromatic heterocycles. The molecular formula is C24H48O. The van der Waals surface area contributed by atoms with Gasteiger partial charge in [-0.1, -0.05) is 78.7 Å². The number of hydrogen-bond donors (Lipinski definition) is 0. The van der Waals surface area contributed by atoms with Crippen molar-refractivity contribution in [3.05, 3.63) is 12.7 Å². The second-order valence-corrected chi connectivity index (χ2v) is 9.37. The van der Waals surface area contributed by atoms with Gasteiger partial charge in [-0.25, -0.2) is 0 Å². The molecule has 0 aliphatic heterocycles. The maximum absolute atomic E-state index is 6.22. The Hall–Kier alpha value is -0.300. The van der Waals surface area contributed by atoms with E-state index in [0.717, 1.165) is 25.4 Å². The lowest BCUT2D eigenvalue weighted by atomic mass is 9.82. The highest BCUT2D eigenvalue weighted by Gasteiger charge is 2.22. The smallest absolute Gasteiger partial charge is 0.0626 e. The van der Waals surface area contributed by atoms with Crippen LogP contribution in [-0.4, -0.2) is 12.2 Å². The van der Waals surface area contributed by atoms with Crippen molar-refractivity contribution in [2.24, 2.45) is 11.3 Å². The molecular weight excluding hydrogens is 304 g/mol. The summed E-state index contributed by atoms with van der Waals surface area (Å²) in [5.74, 6) is 0.946. The van der Waals surface area contributed by atoms with Gasteiger partial charge in [0.25, 0.3) is 0 Å². The van der Waals surface area contributed by atoms with E-state index >= 15 is 0 Å². The minimum absolute atomic E-state index is 0.0186. The lowest BCUT2D eigenvalue weighted by Gasteiger charge is -2.30. The van der Waals surface area contributed by atoms with Crippen LogP contribution in [0.15, 0.2) is 12.7 Å². The van der Waals surface area contributed by atoms with Crippen molar-refractivity contribution < 1.29 is 4.74 Å². The van der Waals surface area contributed by atoms with E-state index in [9.17, 15) is 0 Å². The van der Waals surface area contributed by atoms with Gasteiger partial charge in [0.15, 0.2) is 0 Å². The molecule has 150 valence electrons. The second kappa shape index (κ2) is 13.8. The number of ether oxygens (including phenoxy) is 1. The summed E-state index contributed by atoms with van der Waals surface area (Å²) in [6, 6.07) is 0. The number of allylic oxidation sites excluding steroid dienone is 1. The fourth-order valence-electron chi connectivity index (χ4n) is 3.55. The highest BCUT2D eigenvalue weighted by atomic mass is 16.5. The molecule has 0 heterocycles. The van der Waals surface area contributed by atoms with Crippen LogP contribution in [0.3, 0.4) is 0 Å². The molecule has 0 aliphatic carbocycles. The largest absolute Gasteiger partial charge is 0.376 e. The lowest BCUT2D eigenvalue weighted by molar-refractivity contribution is -0.0363. The molecule has 1 nitrogen and oxygen atoms in total. The minimum atomic E-state index is 0.0186. The quantitative estimate of drug-likeness (QED) is 0.189. The second-order valence-electron chi connectivity index (χ2n) is 9.37. The van der Waals surface area contributed by atoms with Crippen LogP contribution in [0.1, 0.15) is 119 Å². The van der Waals surface area contributed by atoms with Crippen LogP contribution in [0, 0.1) is 11.3 Å². The molecule has 0 spiro atoms. The molecule has 1 unspecified atom stereocenters. The maximum Gasteiger partial charge on any atom is 0.0626 e. The van der Waals surface area contributed by atoms with Gasteiger partial charge in [-0.2, -0.15) is 0 Å². The molecule has 25 heavy (non-hydrogen) atoms. The van der Waals surface area contributed by atoms with E-state index in [1.54, 1.807) is 0 Å². The van der Waals surface area contributed by atoms with Crippen LogP contribution < -0.4 is 0 Å². The first-order valence-electron chi connectivity index (χ1n) is 11.0. The molecule has 0 aromatic carbocycles. The van der Waals surface area contributed by atoms with Gasteiger partial charge in [0.1, 0.15) is 0 Å². The molecule has 0 saturated heterocycles. The van der Waals surface area contributed by atoms with Gasteiger partial charge in [-0.15, -0.1) is 6.58 Å². The van der Waals surface area contributed by atoms with E-state index < -0.39 is 0 Å². The highest BCUT2D eigenvalue weighted by Crippen LogP contribution is 2.31. The van der Waals surface area contributed by atoms with Crippen LogP contribution in [0.2, 0.25) is 0 Å². The third kappa shape index (κ3) is 14.5. The van der Waals surface area contributed by atoms with Crippen LogP contribution in [0.25, 0.3) is 0 Å². The van der Waals surface area contributed by atoms with Gasteiger partial charge in [-0.05, 0) is 57.3 Å². The summed E-state index contributed by atoms with van der Waals surface area (Å²) in [4.78, 5) is 0. The lowest BCUT2D eigenvalue weighted by Crippen LogP contribution is -2.27. The summed E-state index contributed by atoms with van der Waals surface area (Å²) in [6.07, 6.45) is 17.6. The van der Waals surface area contributed by atoms with Gasteiger partial charge >= 0.3 is 0 Å². The van der Waals surface area contributed by atoms with Crippen molar-refractivity contribution in [2.45, 2.75) is 124 Å². The molecule has 1 heteroatoms. The van der Waals surface area contributed by atoms with Crippen molar-refractivity contribution in [2.75, 3.05) is 6.61 Å². The van der Waals surface area contributed by atoms with E-state index in [0.29, 0.717) is 5.41 Å². The summed E-state index contributed by atoms with van der Waals surface area (Å²) >= 11 is 0. The average Bonchev–Trinajstić information content (AvgIpc) is 2.54. The van der Waals surface area contributed by atoms with E-state index in [-0.39, 0.29) is 5.60 Å². The Bertz CT molecular complexity index is 316. The number of rotatable bonds is 17. The minimum Gasteiger partial charge on any atom is -0.376 e. The summed E-state index contributed by atoms with van der Waals surface area (Å²) in [5.41, 5.74) is 0.423. The van der Waals surface area contributed by atoms with Crippen LogP contribution >= 0.6 is 0 Å². The molecule has 0 amide bonds. The topological polar surface area (TPSA) is 9.23 Å². The zero-order valence-corrected chi connectivity index (χ0v) is 18.5. The summed E-state index contributed by atoms with van der Waals surface area (Å²) in [6.45, 7) is 18.7. The Kier molecular flexibility index (Phi) is 13.7. The zero-order chi connectivity index (χ0) is 19.2. The van der Waals surface area contributed by atoms with E-state index in [1.807, 2.05) is 6.08 Å². The molecule has 0 fully saturated rings. The fourth-order valence-corrected chi connectivity index (χ4v) is 3.55. The van der Waals surface area contributed by atoms with Gasteiger partial charge < -0.3 is 4.74 Å². The van der Waals surface area contributed by atoms with Crippen molar-refractivity contribution in [3.8, 4) is 0 Å². The van der Waals surface area contributed by atoms with E-state index in [2.05, 4.69) is 48.1 Å². The van der Waals surface area contributed by atoms with Gasteiger partial charge in [0, 0.05) is 6.61 Å². The summed E-state index contributed by atoms with van der Waals surface area (Å²) in [5, 5.41) is 0. The first-order chi connectivity index (χ1) is 11.8. The first kappa shape index (κ1) is 24.7. The molecule has 0 radical (unpaired) electrons. The zero-order valence-electron chi connectivity index (χ0n) is 18.5. The van der Waals surface area contributed by atoms with E-state index in [4.69, 9.17) is 4.74 Å². The first-order valence-corrected chi connectivity index (χ1v) is 11.0. The fraction of sp³-hybridized carbons (Fsp3) is 0.917. The summed E-state index contributed by atoms with van der Waals surface area (Å²) < 4.78 is 6.22. The molecule has 0 aliphatic rings. The SMILES string of the molecule is C=CCCCCC(C)(C)OCCC(C)(C)CCCC(CC)CCCC. The van der Waals surface area contributed by atoms with Crippen LogP contribution in [0.4, 0.5) is 0 Å². The Balaban J connectivity index is 3.96. The van der Waals surface area contributed by atoms with Crippen molar-refractivity contribution in [3.63, 3.8) is 0 Å². The number of hydrogen-bond acceptors (Lipinski definition) is 1. The normalized spacial score (nSPS) is 13.8. The third-order valence-electron chi connectivity index (χ3n) is 5.72. The van der Waals surface area contributed by atoms with Crippen molar-refractivity contribution in [1.82, 2.24) is 0 Å². The molecule has 0 rings (SSSR count). The van der Waals surface area contributed by atoms with Crippen molar-refractivity contribution >= 4 is 0 Å². The molecule has 0 aromatic rings. The van der Waals surface area contributed by atoms with Crippen LogP contribution in [-0.2, 0) is 4.74 Å². The van der Waals surface area contributed by atoms with Crippen molar-refractivity contribution in [1.29, 1.82) is 0 Å². The molecule has 1 atom stereocenters. The average molecular weight is 353 g/mol. The van der Waals surface area contributed by atoms with Gasteiger partial charge in [0.2, 0.25) is 0 Å². The maximum atomic E-state index is 6.22. The van der Waals surface area contributed by atoms with Crippen LogP contribution in [0.5, 0.6) is 0 Å². The third-order valence-corrected chi connectivity index (χ3v) is 5.72. The standard InChI is InChI=1S/C24H48O/c1-8-11-13-14-19-24(6,7)25-21-20-23(4,5)18-15-17-22(10-3)16-12-9-2/h8,22H,1,9-21H2,2-7H3. The Morgan fingerprint density at radius 3 is 2.16 bits per heavy atom. The summed E-state index contributed by atoms with van der Waals surface area (Å²) in [7, 11) is 0. The monoisotopic (exact) mass is 352 g/mol. The predicted molar refractivity (Wildman–Crippen MR) is 114 cm³/mol. The Morgan fingerprint density at radius 1 is 0.880 bits per heavy atom. The molecule has 0 bridgehead atoms. The van der Waals surface area contributed by atoms with Gasteiger partial charge in [0.05, 0.1) is 5.60 Å². The highest BCUT2D eigenvalue weighted by molar-refractivity contribution is 4.74. The molecule has 0 N–H and O–H groups in total. The van der Waals surface area contributed by atoms with E-state index in [1.165, 1.54) is 64.2 Å². The number of unbranched alkanes of at least 4 members (excludes halogenated alkanes) is 3. The Morgan fingerprint density at radius 2 is 1.56 bits per heavy atom. The predicted octanol–water partition coefficient (Wildman–Crippen LogP) is 8.33. The Labute approximate surface area is 160 Å².